The summed E-state index contributed by atoms with van der Waals surface area (Å²) >= 11 is 19.5. The number of hydrogen-bond donors (Lipinski definition) is 1. The number of hydrogen-bond acceptors (Lipinski definition) is 3. The summed E-state index contributed by atoms with van der Waals surface area (Å²) in [5.74, 6) is -0.0747. The number of benzene rings is 2. The maximum absolute atomic E-state index is 13.8. The molecule has 3 heterocycles. The molecule has 1 N–H and O–H groups in total. The first-order valence-electron chi connectivity index (χ1n) is 10.4. The minimum Gasteiger partial charge on any atom is -0.317 e. The van der Waals surface area contributed by atoms with E-state index in [1.54, 1.807) is 30.5 Å². The van der Waals surface area contributed by atoms with Crippen LogP contribution in [0, 0.1) is 5.82 Å². The van der Waals surface area contributed by atoms with Crippen LogP contribution < -0.4 is 5.32 Å². The van der Waals surface area contributed by atoms with Gasteiger partial charge in [-0.1, -0.05) is 40.9 Å². The number of piperidine rings is 1. The van der Waals surface area contributed by atoms with E-state index < -0.39 is 0 Å². The van der Waals surface area contributed by atoms with Gasteiger partial charge in [-0.15, -0.1) is 0 Å². The molecule has 2 aromatic heterocycles. The van der Waals surface area contributed by atoms with E-state index in [1.807, 2.05) is 6.07 Å². The predicted molar refractivity (Wildman–Crippen MR) is 130 cm³/mol. The van der Waals surface area contributed by atoms with Crippen LogP contribution in [-0.2, 0) is 0 Å². The van der Waals surface area contributed by atoms with Crippen molar-refractivity contribution in [1.29, 1.82) is 0 Å². The van der Waals surface area contributed by atoms with Gasteiger partial charge >= 0.3 is 0 Å². The molecule has 0 radical (unpaired) electrons. The number of fused-ring (bicyclic) bond motifs is 1. The fourth-order valence-corrected chi connectivity index (χ4v) is 5.18. The highest BCUT2D eigenvalue weighted by Gasteiger charge is 2.22. The van der Waals surface area contributed by atoms with E-state index in [9.17, 15) is 4.39 Å². The second-order valence-electron chi connectivity index (χ2n) is 7.90. The molecule has 0 amide bonds. The molecule has 32 heavy (non-hydrogen) atoms. The lowest BCUT2D eigenvalue weighted by molar-refractivity contribution is 0.454. The minimum atomic E-state index is -0.374. The molecule has 7 heteroatoms. The van der Waals surface area contributed by atoms with Gasteiger partial charge in [0.25, 0.3) is 0 Å². The van der Waals surface area contributed by atoms with Crippen molar-refractivity contribution in [2.24, 2.45) is 0 Å². The minimum absolute atomic E-state index is 0.299. The van der Waals surface area contributed by atoms with Gasteiger partial charge in [0.05, 0.1) is 26.3 Å². The van der Waals surface area contributed by atoms with E-state index >= 15 is 0 Å². The molecule has 0 unspecified atom stereocenters. The molecule has 0 saturated carbocycles. The van der Waals surface area contributed by atoms with Crippen molar-refractivity contribution in [3.05, 3.63) is 81.3 Å². The lowest BCUT2D eigenvalue weighted by Crippen LogP contribution is -2.27. The molecule has 0 aliphatic carbocycles. The molecule has 2 aromatic carbocycles. The van der Waals surface area contributed by atoms with Crippen molar-refractivity contribution in [1.82, 2.24) is 15.3 Å². The topological polar surface area (TPSA) is 37.8 Å². The summed E-state index contributed by atoms with van der Waals surface area (Å²) in [6, 6.07) is 13.8. The van der Waals surface area contributed by atoms with Gasteiger partial charge in [-0.25, -0.2) is 4.39 Å². The van der Waals surface area contributed by atoms with E-state index in [-0.39, 0.29) is 5.82 Å². The third kappa shape index (κ3) is 3.97. The van der Waals surface area contributed by atoms with Crippen molar-refractivity contribution in [2.45, 2.75) is 18.8 Å². The van der Waals surface area contributed by atoms with Gasteiger partial charge < -0.3 is 5.32 Å². The van der Waals surface area contributed by atoms with Crippen molar-refractivity contribution >= 4 is 45.7 Å². The standard InChI is InChI=1S/C25H19Cl3FN3/c26-19-2-1-3-20(27)23(19)25-24-17(8-11-31-25)18(16-5-4-15(29)12-21(16)28)13-22(32-24)14-6-9-30-10-7-14/h1-5,8,11-14,30H,6-7,9-10H2. The molecule has 0 bridgehead atoms. The van der Waals surface area contributed by atoms with Gasteiger partial charge in [-0.2, -0.15) is 0 Å². The van der Waals surface area contributed by atoms with Gasteiger partial charge in [0.15, 0.2) is 0 Å². The maximum atomic E-state index is 13.8. The number of nitrogens with zero attached hydrogens (tertiary/aromatic N) is 2. The van der Waals surface area contributed by atoms with E-state index in [1.165, 1.54) is 12.1 Å². The van der Waals surface area contributed by atoms with E-state index in [0.717, 1.165) is 48.1 Å². The monoisotopic (exact) mass is 485 g/mol. The molecule has 1 fully saturated rings. The van der Waals surface area contributed by atoms with Gasteiger partial charge in [0.2, 0.25) is 0 Å². The first-order chi connectivity index (χ1) is 15.5. The Morgan fingerprint density at radius 2 is 1.62 bits per heavy atom. The molecular weight excluding hydrogens is 468 g/mol. The van der Waals surface area contributed by atoms with E-state index in [2.05, 4.69) is 16.4 Å². The van der Waals surface area contributed by atoms with Crippen LogP contribution in [0.25, 0.3) is 33.3 Å². The van der Waals surface area contributed by atoms with Crippen LogP contribution in [0.3, 0.4) is 0 Å². The number of pyridine rings is 2. The Morgan fingerprint density at radius 1 is 0.875 bits per heavy atom. The van der Waals surface area contributed by atoms with Crippen molar-refractivity contribution in [3.8, 4) is 22.4 Å². The average molecular weight is 487 g/mol. The zero-order valence-corrected chi connectivity index (χ0v) is 19.3. The summed E-state index contributed by atoms with van der Waals surface area (Å²) in [4.78, 5) is 9.69. The highest BCUT2D eigenvalue weighted by atomic mass is 35.5. The Morgan fingerprint density at radius 3 is 2.34 bits per heavy atom. The van der Waals surface area contributed by atoms with Crippen LogP contribution in [0.1, 0.15) is 24.5 Å². The zero-order valence-electron chi connectivity index (χ0n) is 17.0. The van der Waals surface area contributed by atoms with Crippen molar-refractivity contribution in [3.63, 3.8) is 0 Å². The first-order valence-corrected chi connectivity index (χ1v) is 11.6. The summed E-state index contributed by atoms with van der Waals surface area (Å²) in [7, 11) is 0. The van der Waals surface area contributed by atoms with Crippen LogP contribution >= 0.6 is 34.8 Å². The van der Waals surface area contributed by atoms with Crippen LogP contribution in [0.4, 0.5) is 4.39 Å². The normalized spacial score (nSPS) is 14.8. The van der Waals surface area contributed by atoms with E-state index in [0.29, 0.717) is 37.8 Å². The van der Waals surface area contributed by atoms with Crippen LogP contribution in [0.5, 0.6) is 0 Å². The van der Waals surface area contributed by atoms with Crippen molar-refractivity contribution in [2.75, 3.05) is 13.1 Å². The lowest BCUT2D eigenvalue weighted by atomic mass is 9.90. The molecule has 4 aromatic rings. The number of halogens is 4. The van der Waals surface area contributed by atoms with E-state index in [4.69, 9.17) is 39.8 Å². The van der Waals surface area contributed by atoms with Gasteiger partial charge in [-0.3, -0.25) is 9.97 Å². The Kier molecular flexibility index (Phi) is 6.04. The summed E-state index contributed by atoms with van der Waals surface area (Å²) in [6.07, 6.45) is 3.68. The Hall–Kier alpha value is -2.24. The highest BCUT2D eigenvalue weighted by Crippen LogP contribution is 2.41. The number of nitrogens with one attached hydrogen (secondary N) is 1. The zero-order chi connectivity index (χ0) is 22.2. The predicted octanol–water partition coefficient (Wildman–Crippen LogP) is 7.53. The van der Waals surface area contributed by atoms with Gasteiger partial charge in [-0.05, 0) is 74.0 Å². The Bertz CT molecular complexity index is 1300. The SMILES string of the molecule is Fc1ccc(-c2cc(C3CCNCC3)nc3c(-c4c(Cl)cccc4Cl)nccc23)c(Cl)c1. The second-order valence-corrected chi connectivity index (χ2v) is 9.12. The fourth-order valence-electron chi connectivity index (χ4n) is 4.34. The molecule has 0 spiro atoms. The fraction of sp³-hybridized carbons (Fsp3) is 0.200. The smallest absolute Gasteiger partial charge is 0.124 e. The Balaban J connectivity index is 1.83. The third-order valence-corrected chi connectivity index (χ3v) is 6.87. The third-order valence-electron chi connectivity index (χ3n) is 5.93. The lowest BCUT2D eigenvalue weighted by Gasteiger charge is -2.24. The molecule has 5 rings (SSSR count). The largest absolute Gasteiger partial charge is 0.317 e. The quantitative estimate of drug-likeness (QED) is 0.325. The summed E-state index contributed by atoms with van der Waals surface area (Å²) in [5.41, 5.74) is 4.57. The second kappa shape index (κ2) is 8.95. The van der Waals surface area contributed by atoms with Crippen LogP contribution in [-0.4, -0.2) is 23.1 Å². The van der Waals surface area contributed by atoms with Gasteiger partial charge in [0, 0.05) is 34.3 Å². The summed E-state index contributed by atoms with van der Waals surface area (Å²) < 4.78 is 13.8. The summed E-state index contributed by atoms with van der Waals surface area (Å²) in [5, 5.41) is 5.62. The molecule has 3 nitrogen and oxygen atoms in total. The van der Waals surface area contributed by atoms with Crippen LogP contribution in [0.2, 0.25) is 15.1 Å². The molecule has 1 aliphatic heterocycles. The molecule has 0 atom stereocenters. The first kappa shape index (κ1) is 21.6. The summed E-state index contributed by atoms with van der Waals surface area (Å²) in [6.45, 7) is 1.88. The van der Waals surface area contributed by atoms with Gasteiger partial charge in [0.1, 0.15) is 5.82 Å². The molecule has 162 valence electrons. The number of rotatable bonds is 3. The maximum Gasteiger partial charge on any atom is 0.124 e. The Labute approximate surface area is 200 Å². The molecular formula is C25H19Cl3FN3. The average Bonchev–Trinajstić information content (AvgIpc) is 2.79. The molecule has 1 aliphatic rings. The molecule has 1 saturated heterocycles. The number of aromatic nitrogens is 2. The van der Waals surface area contributed by atoms with Crippen molar-refractivity contribution < 1.29 is 4.39 Å². The van der Waals surface area contributed by atoms with Crippen LogP contribution in [0.15, 0.2) is 54.7 Å². The highest BCUT2D eigenvalue weighted by molar-refractivity contribution is 6.39.